The molecule has 0 atom stereocenters. The van der Waals surface area contributed by atoms with Gasteiger partial charge in [-0.15, -0.1) is 10.2 Å². The molecule has 0 amide bonds. The largest absolute Gasteiger partial charge is 0.420 e. The molecule has 0 unspecified atom stereocenters. The smallest absolute Gasteiger partial charge is 0.264 e. The van der Waals surface area contributed by atoms with Crippen LogP contribution < -0.4 is 0 Å². The molecule has 3 rings (SSSR count). The van der Waals surface area contributed by atoms with Gasteiger partial charge < -0.3 is 8.98 Å². The van der Waals surface area contributed by atoms with Crippen molar-refractivity contribution in [1.82, 2.24) is 14.8 Å². The average molecular weight is 269 g/mol. The maximum Gasteiger partial charge on any atom is 0.264 e. The summed E-state index contributed by atoms with van der Waals surface area (Å²) in [6, 6.07) is 10.5. The quantitative estimate of drug-likeness (QED) is 0.717. The molecule has 4 heteroatoms. The highest BCUT2D eigenvalue weighted by Crippen LogP contribution is 2.28. The van der Waals surface area contributed by atoms with Gasteiger partial charge in [0.1, 0.15) is 5.69 Å². The minimum atomic E-state index is 0.598. The Hall–Kier alpha value is -2.10. The number of hydrogen-bond donors (Lipinski definition) is 0. The van der Waals surface area contributed by atoms with Gasteiger partial charge in [0, 0.05) is 24.4 Å². The maximum atomic E-state index is 5.60. The van der Waals surface area contributed by atoms with E-state index in [4.69, 9.17) is 4.42 Å². The van der Waals surface area contributed by atoms with Crippen LogP contribution in [0.1, 0.15) is 26.2 Å². The lowest BCUT2D eigenvalue weighted by molar-refractivity contribution is 0.507. The van der Waals surface area contributed by atoms with E-state index in [1.54, 1.807) is 0 Å². The third-order valence-electron chi connectivity index (χ3n) is 3.49. The highest BCUT2D eigenvalue weighted by atomic mass is 16.4. The first kappa shape index (κ1) is 12.9. The molecule has 3 aromatic rings. The molecule has 0 N–H and O–H groups in total. The van der Waals surface area contributed by atoms with Crippen molar-refractivity contribution in [2.45, 2.75) is 33.7 Å². The molecule has 2 aromatic heterocycles. The van der Waals surface area contributed by atoms with Crippen LogP contribution in [0.15, 0.2) is 34.7 Å². The van der Waals surface area contributed by atoms with Crippen molar-refractivity contribution in [3.63, 3.8) is 0 Å². The number of hydrogen-bond acceptors (Lipinski definition) is 3. The minimum absolute atomic E-state index is 0.598. The van der Waals surface area contributed by atoms with Gasteiger partial charge in [-0.25, -0.2) is 0 Å². The van der Waals surface area contributed by atoms with Crippen molar-refractivity contribution < 1.29 is 4.42 Å². The molecule has 4 nitrogen and oxygen atoms in total. The number of aromatic nitrogens is 3. The van der Waals surface area contributed by atoms with E-state index in [0.717, 1.165) is 18.7 Å². The van der Waals surface area contributed by atoms with Gasteiger partial charge in [-0.3, -0.25) is 0 Å². The zero-order valence-electron chi connectivity index (χ0n) is 12.1. The summed E-state index contributed by atoms with van der Waals surface area (Å²) in [6.07, 6.45) is 1.12. The van der Waals surface area contributed by atoms with E-state index in [2.05, 4.69) is 58.9 Å². The van der Waals surface area contributed by atoms with Crippen molar-refractivity contribution in [2.24, 2.45) is 5.92 Å². The van der Waals surface area contributed by atoms with Gasteiger partial charge in [-0.1, -0.05) is 32.0 Å². The maximum absolute atomic E-state index is 5.60. The number of aryl methyl sites for hydroxylation is 2. The van der Waals surface area contributed by atoms with Crippen LogP contribution in [0.3, 0.4) is 0 Å². The van der Waals surface area contributed by atoms with Gasteiger partial charge in [-0.2, -0.15) is 0 Å². The van der Waals surface area contributed by atoms with Gasteiger partial charge in [0.05, 0.1) is 0 Å². The van der Waals surface area contributed by atoms with E-state index in [9.17, 15) is 0 Å². The van der Waals surface area contributed by atoms with Gasteiger partial charge in [0.15, 0.2) is 0 Å². The van der Waals surface area contributed by atoms with Gasteiger partial charge in [-0.05, 0) is 24.5 Å². The van der Waals surface area contributed by atoms with E-state index in [1.165, 1.54) is 10.9 Å². The monoisotopic (exact) mass is 269 g/mol. The lowest BCUT2D eigenvalue weighted by Crippen LogP contribution is -2.03. The Bertz CT molecular complexity index is 724. The number of rotatable bonds is 4. The minimum Gasteiger partial charge on any atom is -0.420 e. The summed E-state index contributed by atoms with van der Waals surface area (Å²) in [6.45, 7) is 7.25. The molecule has 0 aliphatic rings. The summed E-state index contributed by atoms with van der Waals surface area (Å²) in [5.74, 6) is 1.86. The Morgan fingerprint density at radius 2 is 2.00 bits per heavy atom. The topological polar surface area (TPSA) is 43.9 Å². The van der Waals surface area contributed by atoms with E-state index in [-0.39, 0.29) is 0 Å². The third-order valence-corrected chi connectivity index (χ3v) is 3.49. The molecule has 0 saturated heterocycles. The first-order chi connectivity index (χ1) is 9.65. The molecule has 0 fully saturated rings. The second-order valence-corrected chi connectivity index (χ2v) is 5.55. The Kier molecular flexibility index (Phi) is 3.30. The number of nitrogens with zero attached hydrogens (tertiary/aromatic N) is 3. The van der Waals surface area contributed by atoms with Crippen LogP contribution in [0.25, 0.3) is 22.5 Å². The predicted molar refractivity (Wildman–Crippen MR) is 79.4 cm³/mol. The molecule has 104 valence electrons. The highest BCUT2D eigenvalue weighted by Gasteiger charge is 2.15. The molecule has 0 saturated carbocycles. The molecule has 2 heterocycles. The number of para-hydroxylation sites is 1. The molecule has 20 heavy (non-hydrogen) atoms. The van der Waals surface area contributed by atoms with Crippen LogP contribution in [-0.2, 0) is 6.54 Å². The van der Waals surface area contributed by atoms with Gasteiger partial charge >= 0.3 is 0 Å². The highest BCUT2D eigenvalue weighted by molar-refractivity contribution is 5.85. The van der Waals surface area contributed by atoms with Crippen LogP contribution >= 0.6 is 0 Å². The first-order valence-electron chi connectivity index (χ1n) is 7.04. The van der Waals surface area contributed by atoms with Gasteiger partial charge in [0.25, 0.3) is 5.89 Å². The van der Waals surface area contributed by atoms with Crippen LogP contribution in [0, 0.1) is 12.8 Å². The fourth-order valence-electron chi connectivity index (χ4n) is 2.42. The van der Waals surface area contributed by atoms with Crippen LogP contribution in [0.4, 0.5) is 0 Å². The fourth-order valence-corrected chi connectivity index (χ4v) is 2.42. The second-order valence-electron chi connectivity index (χ2n) is 5.55. The van der Waals surface area contributed by atoms with Gasteiger partial charge in [0.2, 0.25) is 5.89 Å². The number of benzene rings is 1. The third kappa shape index (κ3) is 2.33. The van der Waals surface area contributed by atoms with E-state index in [1.807, 2.05) is 6.92 Å². The zero-order chi connectivity index (χ0) is 14.1. The summed E-state index contributed by atoms with van der Waals surface area (Å²) < 4.78 is 7.88. The summed E-state index contributed by atoms with van der Waals surface area (Å²) in [7, 11) is 0. The lowest BCUT2D eigenvalue weighted by Gasteiger charge is -2.10. The average Bonchev–Trinajstić information content (AvgIpc) is 2.99. The molecule has 1 aromatic carbocycles. The Balaban J connectivity index is 2.12. The molecular formula is C16H19N3O. The summed E-state index contributed by atoms with van der Waals surface area (Å²) in [4.78, 5) is 0. The number of fused-ring (bicyclic) bond motifs is 1. The second kappa shape index (κ2) is 5.12. The molecule has 0 aliphatic heterocycles. The summed E-state index contributed by atoms with van der Waals surface area (Å²) >= 11 is 0. The van der Waals surface area contributed by atoms with Crippen molar-refractivity contribution in [2.75, 3.05) is 0 Å². The van der Waals surface area contributed by atoms with Crippen LogP contribution in [0.2, 0.25) is 0 Å². The fraction of sp³-hybridized carbons (Fsp3) is 0.375. The van der Waals surface area contributed by atoms with Crippen LogP contribution in [0.5, 0.6) is 0 Å². The Morgan fingerprint density at radius 1 is 1.20 bits per heavy atom. The summed E-state index contributed by atoms with van der Waals surface area (Å²) in [5, 5.41) is 9.31. The van der Waals surface area contributed by atoms with E-state index < -0.39 is 0 Å². The van der Waals surface area contributed by atoms with Crippen molar-refractivity contribution in [1.29, 1.82) is 0 Å². The standard InChI is InChI=1S/C16H19N3O/c1-11(2)8-9-19-14-7-5-4-6-13(14)10-15(19)16-18-17-12(3)20-16/h4-7,10-11H,8-9H2,1-3H3. The van der Waals surface area contributed by atoms with Crippen molar-refractivity contribution in [3.8, 4) is 11.6 Å². The normalized spacial score (nSPS) is 11.6. The van der Waals surface area contributed by atoms with E-state index in [0.29, 0.717) is 17.7 Å². The SMILES string of the molecule is Cc1nnc(-c2cc3ccccc3n2CCC(C)C)o1. The predicted octanol–water partition coefficient (Wildman–Crippen LogP) is 4.05. The molecule has 0 radical (unpaired) electrons. The van der Waals surface area contributed by atoms with Crippen molar-refractivity contribution >= 4 is 10.9 Å². The Labute approximate surface area is 118 Å². The first-order valence-corrected chi connectivity index (χ1v) is 7.04. The lowest BCUT2D eigenvalue weighted by atomic mass is 10.1. The molecule has 0 aliphatic carbocycles. The molecule has 0 spiro atoms. The zero-order valence-corrected chi connectivity index (χ0v) is 12.1. The summed E-state index contributed by atoms with van der Waals surface area (Å²) in [5.41, 5.74) is 2.23. The molecule has 0 bridgehead atoms. The van der Waals surface area contributed by atoms with Crippen molar-refractivity contribution in [3.05, 3.63) is 36.2 Å². The Morgan fingerprint density at radius 3 is 2.70 bits per heavy atom. The molecular weight excluding hydrogens is 250 g/mol. The van der Waals surface area contributed by atoms with E-state index >= 15 is 0 Å². The van der Waals surface area contributed by atoms with Crippen LogP contribution in [-0.4, -0.2) is 14.8 Å².